The number of ether oxygens (including phenoxy) is 4. The Kier molecular flexibility index (Phi) is 10.9. The van der Waals surface area contributed by atoms with Crippen LogP contribution in [0.4, 0.5) is 0 Å². The molecule has 1 heterocycles. The van der Waals surface area contributed by atoms with Crippen molar-refractivity contribution >= 4 is 17.9 Å². The molecule has 0 amide bonds. The third kappa shape index (κ3) is 9.17. The number of aryl methyl sites for hydroxylation is 2. The molecular formula is C32H40N2O8. The van der Waals surface area contributed by atoms with E-state index in [1.54, 1.807) is 56.3 Å². The Balaban J connectivity index is 1.71. The van der Waals surface area contributed by atoms with Crippen LogP contribution in [-0.4, -0.2) is 48.3 Å². The lowest BCUT2D eigenvalue weighted by atomic mass is 9.97. The first kappa shape index (κ1) is 32.3. The molecule has 0 aliphatic carbocycles. The molecular weight excluding hydrogens is 540 g/mol. The molecule has 3 rings (SSSR count). The second-order valence-electron chi connectivity index (χ2n) is 11.1. The Morgan fingerprint density at radius 1 is 1.02 bits per heavy atom. The van der Waals surface area contributed by atoms with Crippen LogP contribution in [0.1, 0.15) is 80.0 Å². The van der Waals surface area contributed by atoms with Crippen LogP contribution < -0.4 is 10.5 Å². The van der Waals surface area contributed by atoms with E-state index < -0.39 is 23.6 Å². The van der Waals surface area contributed by atoms with Crippen molar-refractivity contribution in [2.24, 2.45) is 5.73 Å². The fourth-order valence-corrected chi connectivity index (χ4v) is 4.16. The molecule has 0 spiro atoms. The SMILES string of the molecule is COC(=O)c1ccc(-c2nc(CCOc3ccc(CCC(=O)OC(C)(C)C)c(C(N)C(=O)OC(C)C)c3)c(C)o2)cc1. The maximum absolute atomic E-state index is 12.6. The quantitative estimate of drug-likeness (QED) is 0.222. The van der Waals surface area contributed by atoms with Crippen LogP contribution in [0.5, 0.6) is 5.75 Å². The first-order valence-corrected chi connectivity index (χ1v) is 13.9. The van der Waals surface area contributed by atoms with E-state index in [4.69, 9.17) is 29.1 Å². The van der Waals surface area contributed by atoms with Crippen molar-refractivity contribution in [1.29, 1.82) is 0 Å². The van der Waals surface area contributed by atoms with Gasteiger partial charge in [-0.25, -0.2) is 14.6 Å². The Morgan fingerprint density at radius 2 is 1.71 bits per heavy atom. The highest BCUT2D eigenvalue weighted by Crippen LogP contribution is 2.27. The summed E-state index contributed by atoms with van der Waals surface area (Å²) >= 11 is 0. The van der Waals surface area contributed by atoms with Gasteiger partial charge in [0.15, 0.2) is 0 Å². The molecule has 10 nitrogen and oxygen atoms in total. The van der Waals surface area contributed by atoms with Crippen molar-refractivity contribution in [1.82, 2.24) is 4.98 Å². The van der Waals surface area contributed by atoms with Gasteiger partial charge in [-0.2, -0.15) is 0 Å². The van der Waals surface area contributed by atoms with E-state index in [9.17, 15) is 14.4 Å². The van der Waals surface area contributed by atoms with Crippen LogP contribution in [0.3, 0.4) is 0 Å². The second kappa shape index (κ2) is 14.1. The minimum absolute atomic E-state index is 0.135. The number of hydrogen-bond acceptors (Lipinski definition) is 10. The maximum atomic E-state index is 12.6. The fraction of sp³-hybridized carbons (Fsp3) is 0.438. The minimum atomic E-state index is -1.05. The second-order valence-corrected chi connectivity index (χ2v) is 11.1. The Hall–Kier alpha value is -4.18. The summed E-state index contributed by atoms with van der Waals surface area (Å²) in [5.41, 5.74) is 8.86. The summed E-state index contributed by atoms with van der Waals surface area (Å²) < 4.78 is 27.3. The normalized spacial score (nSPS) is 12.1. The van der Waals surface area contributed by atoms with Gasteiger partial charge >= 0.3 is 17.9 Å². The molecule has 2 N–H and O–H groups in total. The van der Waals surface area contributed by atoms with Gasteiger partial charge in [-0.05, 0) is 95.5 Å². The zero-order valence-electron chi connectivity index (χ0n) is 25.3. The zero-order valence-corrected chi connectivity index (χ0v) is 25.3. The number of nitrogens with two attached hydrogens (primary N) is 1. The molecule has 0 aliphatic rings. The van der Waals surface area contributed by atoms with Crippen LogP contribution in [0.2, 0.25) is 0 Å². The standard InChI is InChI=1S/C32H40N2O8/c1-19(2)40-31(37)28(33)25-18-24(14-12-21(25)13-15-27(35)42-32(4,5)6)39-17-16-26-20(3)41-29(34-26)22-8-10-23(11-9-22)30(36)38-7/h8-12,14,18-19,28H,13,15-17,33H2,1-7H3. The first-order chi connectivity index (χ1) is 19.8. The predicted octanol–water partition coefficient (Wildman–Crippen LogP) is 5.28. The van der Waals surface area contributed by atoms with E-state index in [-0.39, 0.29) is 25.1 Å². The molecule has 0 saturated heterocycles. The Labute approximate surface area is 246 Å². The molecule has 1 unspecified atom stereocenters. The molecule has 0 radical (unpaired) electrons. The van der Waals surface area contributed by atoms with Crippen molar-refractivity contribution in [3.8, 4) is 17.2 Å². The van der Waals surface area contributed by atoms with Crippen molar-refractivity contribution in [2.75, 3.05) is 13.7 Å². The van der Waals surface area contributed by atoms with Gasteiger partial charge in [-0.3, -0.25) is 4.79 Å². The van der Waals surface area contributed by atoms with Gasteiger partial charge in [0.2, 0.25) is 5.89 Å². The van der Waals surface area contributed by atoms with Gasteiger partial charge in [-0.15, -0.1) is 0 Å². The lowest BCUT2D eigenvalue weighted by molar-refractivity contribution is -0.154. The summed E-state index contributed by atoms with van der Waals surface area (Å²) in [7, 11) is 1.33. The summed E-state index contributed by atoms with van der Waals surface area (Å²) in [6.45, 7) is 11.1. The number of carbonyl (C=O) groups excluding carboxylic acids is 3. The molecule has 0 fully saturated rings. The van der Waals surface area contributed by atoms with E-state index in [2.05, 4.69) is 4.98 Å². The summed E-state index contributed by atoms with van der Waals surface area (Å²) in [6, 6.07) is 11.0. The minimum Gasteiger partial charge on any atom is -0.493 e. The highest BCUT2D eigenvalue weighted by atomic mass is 16.6. The van der Waals surface area contributed by atoms with Crippen LogP contribution >= 0.6 is 0 Å². The van der Waals surface area contributed by atoms with E-state index in [0.29, 0.717) is 41.4 Å². The number of carbonyl (C=O) groups is 3. The first-order valence-electron chi connectivity index (χ1n) is 13.9. The van der Waals surface area contributed by atoms with E-state index >= 15 is 0 Å². The molecule has 226 valence electrons. The monoisotopic (exact) mass is 580 g/mol. The zero-order chi connectivity index (χ0) is 31.0. The predicted molar refractivity (Wildman–Crippen MR) is 156 cm³/mol. The smallest absolute Gasteiger partial charge is 0.337 e. The van der Waals surface area contributed by atoms with Crippen molar-refractivity contribution in [3.63, 3.8) is 0 Å². The van der Waals surface area contributed by atoms with Crippen LogP contribution in [-0.2, 0) is 36.6 Å². The number of methoxy groups -OCH3 is 1. The van der Waals surface area contributed by atoms with E-state index in [0.717, 1.165) is 16.8 Å². The van der Waals surface area contributed by atoms with Gasteiger partial charge in [0.25, 0.3) is 0 Å². The van der Waals surface area contributed by atoms with Crippen LogP contribution in [0, 0.1) is 6.92 Å². The van der Waals surface area contributed by atoms with Gasteiger partial charge in [0.1, 0.15) is 23.2 Å². The van der Waals surface area contributed by atoms with E-state index in [1.165, 1.54) is 7.11 Å². The summed E-state index contributed by atoms with van der Waals surface area (Å²) in [5.74, 6) is 0.283. The highest BCUT2D eigenvalue weighted by Gasteiger charge is 2.24. The van der Waals surface area contributed by atoms with Crippen molar-refractivity contribution in [2.45, 2.75) is 78.6 Å². The van der Waals surface area contributed by atoms with Crippen LogP contribution in [0.15, 0.2) is 46.9 Å². The largest absolute Gasteiger partial charge is 0.493 e. The summed E-state index contributed by atoms with van der Waals surface area (Å²) in [5, 5.41) is 0. The number of benzene rings is 2. The fourth-order valence-electron chi connectivity index (χ4n) is 4.16. The van der Waals surface area contributed by atoms with Gasteiger partial charge < -0.3 is 29.1 Å². The molecule has 2 aromatic carbocycles. The van der Waals surface area contributed by atoms with Gasteiger partial charge in [0, 0.05) is 18.4 Å². The lowest BCUT2D eigenvalue weighted by Crippen LogP contribution is -2.27. The van der Waals surface area contributed by atoms with Crippen LogP contribution in [0.25, 0.3) is 11.5 Å². The highest BCUT2D eigenvalue weighted by molar-refractivity contribution is 5.89. The number of oxazole rings is 1. The molecule has 3 aromatic rings. The van der Waals surface area contributed by atoms with Crippen molar-refractivity contribution < 1.29 is 37.7 Å². The molecule has 10 heteroatoms. The molecule has 1 atom stereocenters. The number of nitrogens with zero attached hydrogens (tertiary/aromatic N) is 1. The Bertz CT molecular complexity index is 1390. The molecule has 0 aliphatic heterocycles. The average molecular weight is 581 g/mol. The third-order valence-electron chi connectivity index (χ3n) is 6.13. The summed E-state index contributed by atoms with van der Waals surface area (Å²) in [4.78, 5) is 41.2. The summed E-state index contributed by atoms with van der Waals surface area (Å²) in [6.07, 6.45) is 0.617. The number of esters is 3. The average Bonchev–Trinajstić information content (AvgIpc) is 3.30. The molecule has 42 heavy (non-hydrogen) atoms. The van der Waals surface area contributed by atoms with E-state index in [1.807, 2.05) is 27.7 Å². The molecule has 0 saturated carbocycles. The third-order valence-corrected chi connectivity index (χ3v) is 6.13. The maximum Gasteiger partial charge on any atom is 0.337 e. The molecule has 0 bridgehead atoms. The number of hydrogen-bond donors (Lipinski definition) is 1. The van der Waals surface area contributed by atoms with Crippen molar-refractivity contribution in [3.05, 3.63) is 70.6 Å². The van der Waals surface area contributed by atoms with Gasteiger partial charge in [0.05, 0.1) is 31.1 Å². The molecule has 1 aromatic heterocycles. The lowest BCUT2D eigenvalue weighted by Gasteiger charge is -2.21. The van der Waals surface area contributed by atoms with Gasteiger partial charge in [-0.1, -0.05) is 6.07 Å². The number of aromatic nitrogens is 1. The Morgan fingerprint density at radius 3 is 2.33 bits per heavy atom. The topological polar surface area (TPSA) is 140 Å². The number of rotatable bonds is 12.